The molecule has 0 N–H and O–H groups in total. The first-order valence-corrected chi connectivity index (χ1v) is 17.4. The van der Waals surface area contributed by atoms with Crippen LogP contribution < -0.4 is 4.90 Å². The third-order valence-corrected chi connectivity index (χ3v) is 10.9. The highest BCUT2D eigenvalue weighted by molar-refractivity contribution is 7.26. The van der Waals surface area contributed by atoms with E-state index in [9.17, 15) is 0 Å². The van der Waals surface area contributed by atoms with E-state index in [2.05, 4.69) is 181 Å². The second-order valence-electron chi connectivity index (χ2n) is 12.5. The Balaban J connectivity index is 1.34. The fourth-order valence-corrected chi connectivity index (χ4v) is 8.56. The molecular weight excluding hydrogens is 615 g/mol. The normalized spacial score (nSPS) is 11.7. The van der Waals surface area contributed by atoms with Crippen LogP contribution in [0.2, 0.25) is 0 Å². The number of thiophene rings is 1. The largest absolute Gasteiger partial charge is 0.456 e. The summed E-state index contributed by atoms with van der Waals surface area (Å²) in [5, 5.41) is 7.12. The van der Waals surface area contributed by atoms with Crippen molar-refractivity contribution in [1.29, 1.82) is 0 Å². The summed E-state index contributed by atoms with van der Waals surface area (Å²) in [6, 6.07) is 63.2. The van der Waals surface area contributed by atoms with Crippen LogP contribution in [0.3, 0.4) is 0 Å². The Kier molecular flexibility index (Phi) is 6.39. The fourth-order valence-electron chi connectivity index (χ4n) is 7.35. The van der Waals surface area contributed by atoms with Gasteiger partial charge in [0.2, 0.25) is 0 Å². The van der Waals surface area contributed by atoms with Crippen molar-refractivity contribution in [3.8, 4) is 22.3 Å². The highest BCUT2D eigenvalue weighted by Gasteiger charge is 2.26. The smallest absolute Gasteiger partial charge is 0.137 e. The van der Waals surface area contributed by atoms with Gasteiger partial charge in [-0.1, -0.05) is 127 Å². The van der Waals surface area contributed by atoms with Crippen molar-refractivity contribution in [1.82, 2.24) is 0 Å². The zero-order valence-electron chi connectivity index (χ0n) is 26.5. The van der Waals surface area contributed by atoms with E-state index in [0.29, 0.717) is 0 Å². The Morgan fingerprint density at radius 3 is 1.90 bits per heavy atom. The standard InChI is InChI=1S/C46H29NOS/c1-3-12-30(13-4-1)31-22-24-35(25-23-31)47(40-20-11-19-38-37-18-9-10-21-43(37)49-46(38)40)45-36(32-14-5-2-6-15-32)26-27-41-44(45)39-28-33-16-7-8-17-34(33)29-42(39)48-41/h1-29H. The number of furan rings is 1. The van der Waals surface area contributed by atoms with Crippen molar-refractivity contribution >= 4 is 81.3 Å². The number of benzene rings is 8. The molecule has 2 nitrogen and oxygen atoms in total. The summed E-state index contributed by atoms with van der Waals surface area (Å²) in [6.07, 6.45) is 0. The average molecular weight is 644 g/mol. The van der Waals surface area contributed by atoms with E-state index in [-0.39, 0.29) is 0 Å². The molecule has 0 spiro atoms. The predicted molar refractivity (Wildman–Crippen MR) is 210 cm³/mol. The van der Waals surface area contributed by atoms with Crippen molar-refractivity contribution in [2.45, 2.75) is 0 Å². The molecule has 0 saturated heterocycles. The minimum absolute atomic E-state index is 0.870. The van der Waals surface area contributed by atoms with Crippen LogP contribution in [0.4, 0.5) is 17.1 Å². The van der Waals surface area contributed by atoms with Crippen LogP contribution in [0.5, 0.6) is 0 Å². The maximum absolute atomic E-state index is 6.70. The van der Waals surface area contributed by atoms with Crippen molar-refractivity contribution in [2.24, 2.45) is 0 Å². The fraction of sp³-hybridized carbons (Fsp3) is 0. The van der Waals surface area contributed by atoms with E-state index < -0.39 is 0 Å². The molecule has 0 aliphatic heterocycles. The van der Waals surface area contributed by atoms with Gasteiger partial charge in [0.05, 0.1) is 21.5 Å². The van der Waals surface area contributed by atoms with E-state index in [4.69, 9.17) is 4.42 Å². The van der Waals surface area contributed by atoms with E-state index in [1.165, 1.54) is 42.1 Å². The molecule has 0 radical (unpaired) electrons. The van der Waals surface area contributed by atoms with Gasteiger partial charge in [0, 0.05) is 32.1 Å². The topological polar surface area (TPSA) is 16.4 Å². The molecule has 0 aliphatic rings. The lowest BCUT2D eigenvalue weighted by Crippen LogP contribution is -2.12. The number of fused-ring (bicyclic) bond motifs is 7. The lowest BCUT2D eigenvalue weighted by atomic mass is 9.96. The van der Waals surface area contributed by atoms with Gasteiger partial charge < -0.3 is 9.32 Å². The summed E-state index contributed by atoms with van der Waals surface area (Å²) in [5.74, 6) is 0. The lowest BCUT2D eigenvalue weighted by Gasteiger charge is -2.29. The highest BCUT2D eigenvalue weighted by atomic mass is 32.1. The van der Waals surface area contributed by atoms with Crippen LogP contribution in [0, 0.1) is 0 Å². The van der Waals surface area contributed by atoms with E-state index in [1.807, 2.05) is 11.3 Å². The first-order valence-electron chi connectivity index (χ1n) is 16.6. The van der Waals surface area contributed by atoms with Crippen LogP contribution in [-0.4, -0.2) is 0 Å². The van der Waals surface area contributed by atoms with Crippen molar-refractivity contribution in [2.75, 3.05) is 4.90 Å². The molecule has 2 aromatic heterocycles. The summed E-state index contributed by atoms with van der Waals surface area (Å²) in [5.41, 5.74) is 9.79. The Labute approximate surface area is 287 Å². The molecule has 2 heterocycles. The maximum atomic E-state index is 6.70. The highest BCUT2D eigenvalue weighted by Crippen LogP contribution is 2.51. The third kappa shape index (κ3) is 4.55. The SMILES string of the molecule is c1ccc(-c2ccc(N(c3cccc4c3sc3ccccc34)c3c(-c4ccccc4)ccc4oc5cc6ccccc6cc5c34)cc2)cc1. The minimum Gasteiger partial charge on any atom is -0.456 e. The van der Waals surface area contributed by atoms with Crippen molar-refractivity contribution in [3.63, 3.8) is 0 Å². The van der Waals surface area contributed by atoms with Crippen LogP contribution in [-0.2, 0) is 0 Å². The van der Waals surface area contributed by atoms with Gasteiger partial charge in [-0.3, -0.25) is 0 Å². The van der Waals surface area contributed by atoms with Gasteiger partial charge in [0.1, 0.15) is 11.2 Å². The average Bonchev–Trinajstić information content (AvgIpc) is 3.73. The van der Waals surface area contributed by atoms with Gasteiger partial charge in [-0.2, -0.15) is 0 Å². The first-order chi connectivity index (χ1) is 24.3. The first kappa shape index (κ1) is 27.9. The summed E-state index contributed by atoms with van der Waals surface area (Å²) in [6.45, 7) is 0. The molecule has 0 fully saturated rings. The van der Waals surface area contributed by atoms with Gasteiger partial charge in [-0.25, -0.2) is 0 Å². The van der Waals surface area contributed by atoms with Crippen LogP contribution in [0.25, 0.3) is 75.1 Å². The van der Waals surface area contributed by atoms with Gasteiger partial charge in [-0.05, 0) is 76.0 Å². The lowest BCUT2D eigenvalue weighted by molar-refractivity contribution is 0.669. The van der Waals surface area contributed by atoms with E-state index in [0.717, 1.165) is 50.1 Å². The summed E-state index contributed by atoms with van der Waals surface area (Å²) < 4.78 is 9.24. The Morgan fingerprint density at radius 1 is 0.449 bits per heavy atom. The molecule has 0 aliphatic carbocycles. The second kappa shape index (κ2) is 11.2. The Bertz CT molecular complexity index is 2810. The molecular formula is C46H29NOS. The minimum atomic E-state index is 0.870. The zero-order valence-corrected chi connectivity index (χ0v) is 27.3. The molecule has 8 aromatic carbocycles. The quantitative estimate of drug-likeness (QED) is 0.186. The van der Waals surface area contributed by atoms with Crippen LogP contribution in [0.1, 0.15) is 0 Å². The molecule has 10 rings (SSSR count). The number of hydrogen-bond acceptors (Lipinski definition) is 3. The van der Waals surface area contributed by atoms with Crippen LogP contribution >= 0.6 is 11.3 Å². The number of rotatable bonds is 5. The van der Waals surface area contributed by atoms with Gasteiger partial charge in [-0.15, -0.1) is 11.3 Å². The second-order valence-corrected chi connectivity index (χ2v) is 13.6. The van der Waals surface area contributed by atoms with Crippen molar-refractivity contribution in [3.05, 3.63) is 176 Å². The maximum Gasteiger partial charge on any atom is 0.137 e. The molecule has 0 amide bonds. The summed E-state index contributed by atoms with van der Waals surface area (Å²) >= 11 is 1.86. The molecule has 230 valence electrons. The molecule has 0 saturated carbocycles. The Hall–Kier alpha value is -6.16. The number of nitrogens with zero attached hydrogens (tertiary/aromatic N) is 1. The van der Waals surface area contributed by atoms with Gasteiger partial charge >= 0.3 is 0 Å². The monoisotopic (exact) mass is 643 g/mol. The third-order valence-electron chi connectivity index (χ3n) is 9.64. The summed E-state index contributed by atoms with van der Waals surface area (Å²) in [4.78, 5) is 2.47. The molecule has 3 heteroatoms. The molecule has 10 aromatic rings. The van der Waals surface area contributed by atoms with Gasteiger partial charge in [0.25, 0.3) is 0 Å². The summed E-state index contributed by atoms with van der Waals surface area (Å²) in [7, 11) is 0. The predicted octanol–water partition coefficient (Wildman–Crippen LogP) is 13.9. The Morgan fingerprint density at radius 2 is 1.10 bits per heavy atom. The van der Waals surface area contributed by atoms with E-state index >= 15 is 0 Å². The van der Waals surface area contributed by atoms with Gasteiger partial charge in [0.15, 0.2) is 0 Å². The molecule has 0 atom stereocenters. The zero-order chi connectivity index (χ0) is 32.3. The number of anilines is 3. The van der Waals surface area contributed by atoms with Crippen LogP contribution in [0.15, 0.2) is 180 Å². The number of hydrogen-bond donors (Lipinski definition) is 0. The van der Waals surface area contributed by atoms with E-state index in [1.54, 1.807) is 0 Å². The van der Waals surface area contributed by atoms with Crippen molar-refractivity contribution < 1.29 is 4.42 Å². The molecule has 49 heavy (non-hydrogen) atoms. The molecule has 0 bridgehead atoms. The molecule has 0 unspecified atom stereocenters.